The summed E-state index contributed by atoms with van der Waals surface area (Å²) in [6, 6.07) is 13.9. The molecule has 0 aliphatic carbocycles. The highest BCUT2D eigenvalue weighted by Crippen LogP contribution is 2.34. The van der Waals surface area contributed by atoms with Crippen LogP contribution in [0.5, 0.6) is 0 Å². The van der Waals surface area contributed by atoms with Gasteiger partial charge in [-0.2, -0.15) is 4.98 Å². The first kappa shape index (κ1) is 12.9. The topological polar surface area (TPSA) is 26.0 Å². The van der Waals surface area contributed by atoms with Gasteiger partial charge in [0.2, 0.25) is 0 Å². The summed E-state index contributed by atoms with van der Waals surface area (Å²) in [5.74, 6) is 0.245. The first-order valence-corrected chi connectivity index (χ1v) is 6.50. The van der Waals surface area contributed by atoms with Crippen molar-refractivity contribution in [1.82, 2.24) is 4.98 Å². The lowest BCUT2D eigenvalue weighted by molar-refractivity contribution is 0.574. The van der Waals surface area contributed by atoms with E-state index in [9.17, 15) is 4.39 Å². The molecular formula is C16H11ClFNO. The molecule has 3 rings (SSSR count). The number of benzene rings is 2. The molecule has 0 aliphatic rings. The molecule has 2 aromatic carbocycles. The number of rotatable bonds is 2. The second kappa shape index (κ2) is 5.10. The standard InChI is InChI=1S/C16H11ClFNO/c1-10-2-4-11(5-3-10)14-15(20-16(17)19-14)12-6-8-13(18)9-7-12/h2-9H,1H3. The third-order valence-corrected chi connectivity index (χ3v) is 3.19. The summed E-state index contributed by atoms with van der Waals surface area (Å²) < 4.78 is 18.5. The van der Waals surface area contributed by atoms with E-state index < -0.39 is 0 Å². The minimum Gasteiger partial charge on any atom is -0.427 e. The molecule has 0 amide bonds. The fourth-order valence-corrected chi connectivity index (χ4v) is 2.16. The minimum absolute atomic E-state index is 0.0694. The second-order valence-electron chi connectivity index (χ2n) is 4.52. The Kier molecular flexibility index (Phi) is 3.28. The molecule has 1 aromatic heterocycles. The van der Waals surface area contributed by atoms with Crippen molar-refractivity contribution in [2.75, 3.05) is 0 Å². The molecule has 0 radical (unpaired) electrons. The minimum atomic E-state index is -0.295. The Balaban J connectivity index is 2.12. The van der Waals surface area contributed by atoms with E-state index in [0.29, 0.717) is 11.5 Å². The number of nitrogens with zero attached hydrogens (tertiary/aromatic N) is 1. The van der Waals surface area contributed by atoms with E-state index in [1.54, 1.807) is 12.1 Å². The smallest absolute Gasteiger partial charge is 0.293 e. The Morgan fingerprint density at radius 3 is 2.20 bits per heavy atom. The number of hydrogen-bond donors (Lipinski definition) is 0. The van der Waals surface area contributed by atoms with Gasteiger partial charge in [-0.1, -0.05) is 29.8 Å². The van der Waals surface area contributed by atoms with E-state index in [0.717, 1.165) is 16.7 Å². The van der Waals surface area contributed by atoms with Crippen molar-refractivity contribution in [3.05, 3.63) is 65.3 Å². The van der Waals surface area contributed by atoms with Crippen molar-refractivity contribution in [1.29, 1.82) is 0 Å². The summed E-state index contributed by atoms with van der Waals surface area (Å²) in [5, 5.41) is 0.0694. The molecule has 1 heterocycles. The van der Waals surface area contributed by atoms with Crippen LogP contribution in [0.1, 0.15) is 5.56 Å². The van der Waals surface area contributed by atoms with Crippen molar-refractivity contribution in [3.8, 4) is 22.6 Å². The van der Waals surface area contributed by atoms with Crippen LogP contribution in [0.2, 0.25) is 5.35 Å². The number of hydrogen-bond acceptors (Lipinski definition) is 2. The van der Waals surface area contributed by atoms with Crippen molar-refractivity contribution in [2.45, 2.75) is 6.92 Å². The van der Waals surface area contributed by atoms with Crippen LogP contribution in [0.3, 0.4) is 0 Å². The Bertz CT molecular complexity index is 669. The zero-order chi connectivity index (χ0) is 14.1. The van der Waals surface area contributed by atoms with E-state index in [1.165, 1.54) is 12.1 Å². The van der Waals surface area contributed by atoms with Gasteiger partial charge in [0.05, 0.1) is 0 Å². The summed E-state index contributed by atoms with van der Waals surface area (Å²) in [6.07, 6.45) is 0. The highest BCUT2D eigenvalue weighted by molar-refractivity contribution is 6.28. The van der Waals surface area contributed by atoms with Crippen LogP contribution in [-0.2, 0) is 0 Å². The first-order valence-electron chi connectivity index (χ1n) is 6.13. The van der Waals surface area contributed by atoms with Gasteiger partial charge < -0.3 is 4.42 Å². The number of halogens is 2. The molecule has 0 spiro atoms. The zero-order valence-corrected chi connectivity index (χ0v) is 11.5. The lowest BCUT2D eigenvalue weighted by Gasteiger charge is -2.02. The average molecular weight is 288 g/mol. The summed E-state index contributed by atoms with van der Waals surface area (Å²) in [4.78, 5) is 4.21. The molecule has 0 fully saturated rings. The van der Waals surface area contributed by atoms with Crippen molar-refractivity contribution in [3.63, 3.8) is 0 Å². The summed E-state index contributed by atoms with van der Waals surface area (Å²) in [5.41, 5.74) is 3.46. The third-order valence-electron chi connectivity index (χ3n) is 3.03. The maximum absolute atomic E-state index is 13.0. The van der Waals surface area contributed by atoms with E-state index in [4.69, 9.17) is 16.0 Å². The average Bonchev–Trinajstić information content (AvgIpc) is 2.82. The van der Waals surface area contributed by atoms with Gasteiger partial charge in [-0.25, -0.2) is 4.39 Å². The Hall–Kier alpha value is -2.13. The molecule has 20 heavy (non-hydrogen) atoms. The summed E-state index contributed by atoms with van der Waals surface area (Å²) >= 11 is 5.88. The zero-order valence-electron chi connectivity index (χ0n) is 10.7. The molecule has 0 atom stereocenters. The molecule has 3 aromatic rings. The summed E-state index contributed by atoms with van der Waals surface area (Å²) in [7, 11) is 0. The van der Waals surface area contributed by atoms with Crippen LogP contribution in [0, 0.1) is 12.7 Å². The molecule has 0 unspecified atom stereocenters. The van der Waals surface area contributed by atoms with Crippen LogP contribution < -0.4 is 0 Å². The van der Waals surface area contributed by atoms with Gasteiger partial charge >= 0.3 is 0 Å². The number of aryl methyl sites for hydroxylation is 1. The predicted molar refractivity (Wildman–Crippen MR) is 77.1 cm³/mol. The molecule has 0 aliphatic heterocycles. The van der Waals surface area contributed by atoms with Crippen LogP contribution in [0.4, 0.5) is 4.39 Å². The van der Waals surface area contributed by atoms with Crippen LogP contribution in [0.15, 0.2) is 52.9 Å². The van der Waals surface area contributed by atoms with E-state index in [1.807, 2.05) is 31.2 Å². The molecule has 0 saturated carbocycles. The van der Waals surface area contributed by atoms with Crippen molar-refractivity contribution >= 4 is 11.6 Å². The molecule has 100 valence electrons. The van der Waals surface area contributed by atoms with E-state index in [2.05, 4.69) is 4.98 Å². The first-order chi connectivity index (χ1) is 9.63. The lowest BCUT2D eigenvalue weighted by Crippen LogP contribution is -1.83. The maximum atomic E-state index is 13.0. The Morgan fingerprint density at radius 1 is 0.950 bits per heavy atom. The van der Waals surface area contributed by atoms with Crippen LogP contribution in [0.25, 0.3) is 22.6 Å². The fourth-order valence-electron chi connectivity index (χ4n) is 2.00. The molecule has 0 bridgehead atoms. The number of oxazole rings is 1. The monoisotopic (exact) mass is 287 g/mol. The maximum Gasteiger partial charge on any atom is 0.293 e. The predicted octanol–water partition coefficient (Wildman–Crippen LogP) is 5.11. The van der Waals surface area contributed by atoms with Gasteiger partial charge in [-0.15, -0.1) is 0 Å². The van der Waals surface area contributed by atoms with Gasteiger partial charge in [-0.05, 0) is 42.8 Å². The molecule has 0 saturated heterocycles. The van der Waals surface area contributed by atoms with Crippen LogP contribution >= 0.6 is 11.6 Å². The molecule has 2 nitrogen and oxygen atoms in total. The van der Waals surface area contributed by atoms with Crippen molar-refractivity contribution < 1.29 is 8.81 Å². The highest BCUT2D eigenvalue weighted by atomic mass is 35.5. The third kappa shape index (κ3) is 2.45. The number of aromatic nitrogens is 1. The molecule has 4 heteroatoms. The lowest BCUT2D eigenvalue weighted by atomic mass is 10.0. The second-order valence-corrected chi connectivity index (χ2v) is 4.84. The Morgan fingerprint density at radius 2 is 1.55 bits per heavy atom. The van der Waals surface area contributed by atoms with Crippen LogP contribution in [-0.4, -0.2) is 4.98 Å². The van der Waals surface area contributed by atoms with Gasteiger partial charge in [0.15, 0.2) is 5.76 Å². The van der Waals surface area contributed by atoms with E-state index in [-0.39, 0.29) is 11.2 Å². The van der Waals surface area contributed by atoms with Gasteiger partial charge in [0.25, 0.3) is 5.35 Å². The highest BCUT2D eigenvalue weighted by Gasteiger charge is 2.15. The van der Waals surface area contributed by atoms with Crippen molar-refractivity contribution in [2.24, 2.45) is 0 Å². The Labute approximate surface area is 120 Å². The van der Waals surface area contributed by atoms with Gasteiger partial charge in [-0.3, -0.25) is 0 Å². The molecule has 0 N–H and O–H groups in total. The van der Waals surface area contributed by atoms with Gasteiger partial charge in [0.1, 0.15) is 11.5 Å². The SMILES string of the molecule is Cc1ccc(-c2nc(Cl)oc2-c2ccc(F)cc2)cc1. The van der Waals surface area contributed by atoms with Gasteiger partial charge in [0, 0.05) is 11.1 Å². The quantitative estimate of drug-likeness (QED) is 0.654. The fraction of sp³-hybridized carbons (Fsp3) is 0.0625. The molecular weight excluding hydrogens is 277 g/mol. The van der Waals surface area contributed by atoms with E-state index >= 15 is 0 Å². The normalized spacial score (nSPS) is 10.8. The largest absolute Gasteiger partial charge is 0.427 e. The summed E-state index contributed by atoms with van der Waals surface area (Å²) in [6.45, 7) is 2.01.